The summed E-state index contributed by atoms with van der Waals surface area (Å²) < 4.78 is 56.3. The SMILES string of the molecule is CC(c1c(F)ccc2c1NC(=NCc1cccc(F)c1)NS2(=O)=O)C1CCCCC1. The molecule has 1 aliphatic heterocycles. The van der Waals surface area contributed by atoms with Crippen LogP contribution in [-0.2, 0) is 16.6 Å². The van der Waals surface area contributed by atoms with E-state index < -0.39 is 15.8 Å². The van der Waals surface area contributed by atoms with Crippen LogP contribution in [0.4, 0.5) is 14.5 Å². The second-order valence-electron chi connectivity index (χ2n) is 8.05. The largest absolute Gasteiger partial charge is 0.324 e. The summed E-state index contributed by atoms with van der Waals surface area (Å²) in [6.45, 7) is 2.05. The van der Waals surface area contributed by atoms with Crippen molar-refractivity contribution < 1.29 is 17.2 Å². The Morgan fingerprint density at radius 1 is 1.13 bits per heavy atom. The lowest BCUT2D eigenvalue weighted by Gasteiger charge is -2.32. The molecule has 1 unspecified atom stereocenters. The lowest BCUT2D eigenvalue weighted by atomic mass is 9.77. The Balaban J connectivity index is 1.69. The minimum Gasteiger partial charge on any atom is -0.324 e. The van der Waals surface area contributed by atoms with Crippen LogP contribution in [0, 0.1) is 17.6 Å². The predicted octanol–water partition coefficient (Wildman–Crippen LogP) is 4.91. The van der Waals surface area contributed by atoms with E-state index in [0.29, 0.717) is 17.0 Å². The average Bonchev–Trinajstić information content (AvgIpc) is 2.72. The van der Waals surface area contributed by atoms with Crippen LogP contribution in [0.2, 0.25) is 0 Å². The monoisotopic (exact) mass is 433 g/mol. The van der Waals surface area contributed by atoms with Gasteiger partial charge in [-0.25, -0.2) is 26.9 Å². The Bertz CT molecular complexity index is 1080. The molecule has 0 spiro atoms. The van der Waals surface area contributed by atoms with E-state index in [1.807, 2.05) is 6.92 Å². The normalized spacial score (nSPS) is 20.8. The molecule has 0 amide bonds. The number of nitrogens with one attached hydrogen (secondary N) is 2. The standard InChI is InChI=1S/C22H25F2N3O2S/c1-14(16-7-3-2-4-8-16)20-18(24)10-11-19-21(20)26-22(27-30(19,28)29)25-13-15-6-5-9-17(23)12-15/h5-6,9-12,14,16H,2-4,7-8,13H2,1H3,(H2,25,26,27). The zero-order chi connectivity index (χ0) is 21.3. The number of rotatable bonds is 4. The summed E-state index contributed by atoms with van der Waals surface area (Å²) in [4.78, 5) is 4.28. The second-order valence-corrected chi connectivity index (χ2v) is 9.70. The molecule has 2 N–H and O–H groups in total. The molecule has 1 fully saturated rings. The molecule has 2 aromatic rings. The minimum absolute atomic E-state index is 0.00875. The Morgan fingerprint density at radius 3 is 2.63 bits per heavy atom. The first-order valence-electron chi connectivity index (χ1n) is 10.3. The predicted molar refractivity (Wildman–Crippen MR) is 113 cm³/mol. The summed E-state index contributed by atoms with van der Waals surface area (Å²) in [7, 11) is -3.89. The molecule has 4 rings (SSSR count). The Labute approximate surface area is 175 Å². The minimum atomic E-state index is -3.89. The quantitative estimate of drug-likeness (QED) is 0.720. The maximum atomic E-state index is 14.9. The van der Waals surface area contributed by atoms with Gasteiger partial charge in [0.2, 0.25) is 5.96 Å². The molecule has 0 radical (unpaired) electrons. The highest BCUT2D eigenvalue weighted by atomic mass is 32.2. The second kappa shape index (κ2) is 8.34. The van der Waals surface area contributed by atoms with Crippen molar-refractivity contribution in [3.63, 3.8) is 0 Å². The van der Waals surface area contributed by atoms with Crippen LogP contribution in [0.25, 0.3) is 0 Å². The molecule has 0 aromatic heterocycles. The topological polar surface area (TPSA) is 70.6 Å². The third kappa shape index (κ3) is 4.19. The average molecular weight is 434 g/mol. The van der Waals surface area contributed by atoms with Gasteiger partial charge in [-0.05, 0) is 54.5 Å². The van der Waals surface area contributed by atoms with E-state index in [-0.39, 0.29) is 34.8 Å². The van der Waals surface area contributed by atoms with E-state index in [1.165, 1.54) is 30.7 Å². The summed E-state index contributed by atoms with van der Waals surface area (Å²) in [5.74, 6) is -0.603. The first kappa shape index (κ1) is 20.8. The fourth-order valence-electron chi connectivity index (χ4n) is 4.45. The zero-order valence-corrected chi connectivity index (χ0v) is 17.6. The van der Waals surface area contributed by atoms with E-state index in [1.54, 1.807) is 12.1 Å². The summed E-state index contributed by atoms with van der Waals surface area (Å²) in [5, 5.41) is 2.99. The number of nitrogens with zero attached hydrogens (tertiary/aromatic N) is 1. The van der Waals surface area contributed by atoms with Crippen molar-refractivity contribution in [2.45, 2.75) is 56.4 Å². The molecule has 160 valence electrons. The summed E-state index contributed by atoms with van der Waals surface area (Å²) in [6.07, 6.45) is 5.43. The first-order valence-corrected chi connectivity index (χ1v) is 11.7. The molecular formula is C22H25F2N3O2S. The number of sulfonamides is 1. The van der Waals surface area contributed by atoms with Crippen LogP contribution in [0.5, 0.6) is 0 Å². The van der Waals surface area contributed by atoms with Gasteiger partial charge in [-0.15, -0.1) is 0 Å². The molecule has 1 atom stereocenters. The van der Waals surface area contributed by atoms with Gasteiger partial charge >= 0.3 is 0 Å². The smallest absolute Gasteiger partial charge is 0.266 e. The number of hydrogen-bond donors (Lipinski definition) is 2. The van der Waals surface area contributed by atoms with Crippen molar-refractivity contribution in [3.8, 4) is 0 Å². The summed E-state index contributed by atoms with van der Waals surface area (Å²) in [6, 6.07) is 8.44. The van der Waals surface area contributed by atoms with Gasteiger partial charge < -0.3 is 5.32 Å². The van der Waals surface area contributed by atoms with E-state index in [4.69, 9.17) is 0 Å². The van der Waals surface area contributed by atoms with Crippen LogP contribution in [0.3, 0.4) is 0 Å². The van der Waals surface area contributed by atoms with Crippen LogP contribution in [0.15, 0.2) is 46.3 Å². The van der Waals surface area contributed by atoms with Crippen molar-refractivity contribution in [3.05, 3.63) is 59.2 Å². The van der Waals surface area contributed by atoms with Crippen LogP contribution >= 0.6 is 0 Å². The molecule has 1 aliphatic carbocycles. The molecule has 5 nitrogen and oxygen atoms in total. The van der Waals surface area contributed by atoms with Gasteiger partial charge in [0.15, 0.2) is 0 Å². The molecule has 1 saturated carbocycles. The Kier molecular flexibility index (Phi) is 5.77. The maximum absolute atomic E-state index is 14.9. The highest BCUT2D eigenvalue weighted by molar-refractivity contribution is 7.90. The van der Waals surface area contributed by atoms with Gasteiger partial charge in [0.05, 0.1) is 12.2 Å². The fourth-order valence-corrected chi connectivity index (χ4v) is 5.60. The van der Waals surface area contributed by atoms with Crippen molar-refractivity contribution in [1.82, 2.24) is 4.72 Å². The van der Waals surface area contributed by atoms with Crippen molar-refractivity contribution in [1.29, 1.82) is 0 Å². The lowest BCUT2D eigenvalue weighted by Crippen LogP contribution is -2.41. The maximum Gasteiger partial charge on any atom is 0.266 e. The van der Waals surface area contributed by atoms with Crippen molar-refractivity contribution >= 4 is 21.7 Å². The number of aliphatic imine (C=N–C) groups is 1. The van der Waals surface area contributed by atoms with Gasteiger partial charge in [-0.2, -0.15) is 0 Å². The fraction of sp³-hybridized carbons (Fsp3) is 0.409. The van der Waals surface area contributed by atoms with Gasteiger partial charge in [-0.1, -0.05) is 38.3 Å². The number of guanidine groups is 1. The summed E-state index contributed by atoms with van der Waals surface area (Å²) >= 11 is 0. The van der Waals surface area contributed by atoms with Gasteiger partial charge in [0, 0.05) is 5.56 Å². The van der Waals surface area contributed by atoms with E-state index in [9.17, 15) is 17.2 Å². The van der Waals surface area contributed by atoms with E-state index in [0.717, 1.165) is 25.7 Å². The first-order chi connectivity index (χ1) is 14.3. The lowest BCUT2D eigenvalue weighted by molar-refractivity contribution is 0.312. The molecule has 2 aliphatic rings. The highest BCUT2D eigenvalue weighted by Gasteiger charge is 2.34. The number of halogens is 2. The molecular weight excluding hydrogens is 408 g/mol. The summed E-state index contributed by atoms with van der Waals surface area (Å²) in [5.41, 5.74) is 1.25. The van der Waals surface area contributed by atoms with Crippen LogP contribution < -0.4 is 10.0 Å². The number of benzene rings is 2. The zero-order valence-electron chi connectivity index (χ0n) is 16.8. The van der Waals surface area contributed by atoms with Crippen LogP contribution in [0.1, 0.15) is 56.1 Å². The molecule has 2 aromatic carbocycles. The van der Waals surface area contributed by atoms with E-state index in [2.05, 4.69) is 15.0 Å². The number of hydrogen-bond acceptors (Lipinski definition) is 3. The van der Waals surface area contributed by atoms with Crippen molar-refractivity contribution in [2.24, 2.45) is 10.9 Å². The molecule has 0 bridgehead atoms. The molecule has 8 heteroatoms. The third-order valence-corrected chi connectivity index (χ3v) is 7.42. The van der Waals surface area contributed by atoms with Gasteiger partial charge in [0.25, 0.3) is 10.0 Å². The Hall–Kier alpha value is -2.48. The van der Waals surface area contributed by atoms with E-state index >= 15 is 0 Å². The number of fused-ring (bicyclic) bond motifs is 1. The van der Waals surface area contributed by atoms with Crippen molar-refractivity contribution in [2.75, 3.05) is 5.32 Å². The molecule has 0 saturated heterocycles. The van der Waals surface area contributed by atoms with Crippen LogP contribution in [-0.4, -0.2) is 14.4 Å². The van der Waals surface area contributed by atoms with Gasteiger partial charge in [0.1, 0.15) is 16.5 Å². The number of anilines is 1. The Morgan fingerprint density at radius 2 is 1.90 bits per heavy atom. The molecule has 1 heterocycles. The molecule has 30 heavy (non-hydrogen) atoms. The highest BCUT2D eigenvalue weighted by Crippen LogP contribution is 2.42. The third-order valence-electron chi connectivity index (χ3n) is 6.04. The van der Waals surface area contributed by atoms with Gasteiger partial charge in [-0.3, -0.25) is 0 Å².